The summed E-state index contributed by atoms with van der Waals surface area (Å²) in [5.41, 5.74) is 6.41. The Hall–Kier alpha value is -2.28. The van der Waals surface area contributed by atoms with Crippen molar-refractivity contribution in [2.45, 2.75) is 25.8 Å². The van der Waals surface area contributed by atoms with E-state index in [1.54, 1.807) is 18.2 Å². The molecule has 1 aliphatic heterocycles. The van der Waals surface area contributed by atoms with Crippen molar-refractivity contribution < 1.29 is 19.1 Å². The Morgan fingerprint density at radius 3 is 2.76 bits per heavy atom. The Balaban J connectivity index is 2.18. The van der Waals surface area contributed by atoms with Gasteiger partial charge in [0, 0.05) is 31.7 Å². The Labute approximate surface area is 148 Å². The Morgan fingerprint density at radius 2 is 2.12 bits per heavy atom. The number of piperidine rings is 1. The predicted molar refractivity (Wildman–Crippen MR) is 94.8 cm³/mol. The topological polar surface area (TPSA) is 93.9 Å². The van der Waals surface area contributed by atoms with Crippen LogP contribution in [0.1, 0.15) is 30.1 Å². The molecule has 1 saturated heterocycles. The molecule has 2 amide bonds. The first-order chi connectivity index (χ1) is 12.0. The van der Waals surface area contributed by atoms with Crippen molar-refractivity contribution in [2.24, 2.45) is 11.7 Å². The molecule has 0 aromatic heterocycles. The first-order valence-corrected chi connectivity index (χ1v) is 8.54. The highest BCUT2D eigenvalue weighted by Gasteiger charge is 2.31. The van der Waals surface area contributed by atoms with E-state index in [4.69, 9.17) is 15.2 Å². The van der Waals surface area contributed by atoms with Gasteiger partial charge in [-0.25, -0.2) is 0 Å². The van der Waals surface area contributed by atoms with Crippen LogP contribution in [-0.2, 0) is 4.79 Å². The van der Waals surface area contributed by atoms with Gasteiger partial charge < -0.3 is 25.4 Å². The van der Waals surface area contributed by atoms with Gasteiger partial charge in [-0.15, -0.1) is 0 Å². The largest absolute Gasteiger partial charge is 0.493 e. The lowest BCUT2D eigenvalue weighted by atomic mass is 9.90. The highest BCUT2D eigenvalue weighted by atomic mass is 16.5. The third-order valence-corrected chi connectivity index (χ3v) is 4.67. The van der Waals surface area contributed by atoms with E-state index < -0.39 is 0 Å². The average molecular weight is 349 g/mol. The van der Waals surface area contributed by atoms with E-state index in [9.17, 15) is 9.59 Å². The molecular weight excluding hydrogens is 322 g/mol. The van der Waals surface area contributed by atoms with E-state index in [1.165, 1.54) is 14.2 Å². The Bertz CT molecular complexity index is 620. The number of hydrogen-bond donors (Lipinski definition) is 2. The lowest BCUT2D eigenvalue weighted by Crippen LogP contribution is -2.51. The lowest BCUT2D eigenvalue weighted by Gasteiger charge is -2.39. The van der Waals surface area contributed by atoms with Gasteiger partial charge in [0.05, 0.1) is 7.11 Å². The SMILES string of the molecule is CNC(=O)COc1ccc(C(=O)N2CCCC(C)C2CN)cc1OC. The predicted octanol–water partition coefficient (Wildman–Crippen LogP) is 1.02. The zero-order valence-corrected chi connectivity index (χ0v) is 15.1. The molecule has 1 aliphatic rings. The third-order valence-electron chi connectivity index (χ3n) is 4.67. The van der Waals surface area contributed by atoms with Crippen LogP contribution >= 0.6 is 0 Å². The normalized spacial score (nSPS) is 20.1. The maximum absolute atomic E-state index is 12.9. The number of rotatable bonds is 6. The number of carbonyl (C=O) groups is 2. The van der Waals surface area contributed by atoms with E-state index in [0.717, 1.165) is 12.8 Å². The molecule has 0 spiro atoms. The van der Waals surface area contributed by atoms with Crippen LogP contribution in [0, 0.1) is 5.92 Å². The third kappa shape index (κ3) is 4.42. The fourth-order valence-corrected chi connectivity index (χ4v) is 3.16. The smallest absolute Gasteiger partial charge is 0.257 e. The summed E-state index contributed by atoms with van der Waals surface area (Å²) in [7, 11) is 3.04. The van der Waals surface area contributed by atoms with Crippen molar-refractivity contribution in [3.63, 3.8) is 0 Å². The molecule has 0 aliphatic carbocycles. The fraction of sp³-hybridized carbons (Fsp3) is 0.556. The molecule has 7 heteroatoms. The monoisotopic (exact) mass is 349 g/mol. The van der Waals surface area contributed by atoms with Crippen LogP contribution in [0.5, 0.6) is 11.5 Å². The first-order valence-electron chi connectivity index (χ1n) is 8.54. The summed E-state index contributed by atoms with van der Waals surface area (Å²) in [6.07, 6.45) is 2.06. The van der Waals surface area contributed by atoms with Crippen LogP contribution in [0.25, 0.3) is 0 Å². The number of nitrogens with two attached hydrogens (primary N) is 1. The van der Waals surface area contributed by atoms with E-state index in [0.29, 0.717) is 36.1 Å². The minimum absolute atomic E-state index is 0.0522. The van der Waals surface area contributed by atoms with Gasteiger partial charge >= 0.3 is 0 Å². The summed E-state index contributed by atoms with van der Waals surface area (Å²) in [5.74, 6) is 0.933. The lowest BCUT2D eigenvalue weighted by molar-refractivity contribution is -0.122. The molecule has 1 fully saturated rings. The number of likely N-dealkylation sites (tertiary alicyclic amines) is 1. The summed E-state index contributed by atoms with van der Waals surface area (Å²) in [6.45, 7) is 3.19. The molecule has 0 radical (unpaired) electrons. The number of nitrogens with zero attached hydrogens (tertiary/aromatic N) is 1. The summed E-state index contributed by atoms with van der Waals surface area (Å²) in [4.78, 5) is 26.1. The standard InChI is InChI=1S/C18H27N3O4/c1-12-5-4-8-21(14(12)10-19)18(23)13-6-7-15(16(9-13)24-3)25-11-17(22)20-2/h6-7,9,12,14H,4-5,8,10-11,19H2,1-3H3,(H,20,22). The van der Waals surface area contributed by atoms with Crippen LogP contribution in [0.4, 0.5) is 0 Å². The van der Waals surface area contributed by atoms with E-state index in [2.05, 4.69) is 12.2 Å². The molecule has 1 aromatic carbocycles. The summed E-state index contributed by atoms with van der Waals surface area (Å²) in [5, 5.41) is 2.48. The number of carbonyl (C=O) groups excluding carboxylic acids is 2. The minimum atomic E-state index is -0.240. The van der Waals surface area contributed by atoms with E-state index in [-0.39, 0.29) is 24.5 Å². The molecular formula is C18H27N3O4. The van der Waals surface area contributed by atoms with Crippen LogP contribution in [-0.4, -0.2) is 56.6 Å². The van der Waals surface area contributed by atoms with E-state index >= 15 is 0 Å². The number of hydrogen-bond acceptors (Lipinski definition) is 5. The van der Waals surface area contributed by atoms with E-state index in [1.807, 2.05) is 4.90 Å². The molecule has 2 atom stereocenters. The fourth-order valence-electron chi connectivity index (χ4n) is 3.16. The van der Waals surface area contributed by atoms with Crippen molar-refractivity contribution in [3.8, 4) is 11.5 Å². The second kappa shape index (κ2) is 8.71. The number of ether oxygens (including phenoxy) is 2. The molecule has 1 aromatic rings. The average Bonchev–Trinajstić information content (AvgIpc) is 2.64. The number of likely N-dealkylation sites (N-methyl/N-ethyl adjacent to an activating group) is 1. The zero-order valence-electron chi connectivity index (χ0n) is 15.1. The van der Waals surface area contributed by atoms with Crippen molar-refractivity contribution in [1.82, 2.24) is 10.2 Å². The molecule has 0 bridgehead atoms. The molecule has 0 saturated carbocycles. The van der Waals surface area contributed by atoms with Crippen molar-refractivity contribution in [1.29, 1.82) is 0 Å². The van der Waals surface area contributed by atoms with Gasteiger partial charge in [-0.2, -0.15) is 0 Å². The van der Waals surface area contributed by atoms with Crippen LogP contribution in [0.3, 0.4) is 0 Å². The molecule has 2 rings (SSSR count). The maximum atomic E-state index is 12.9. The molecule has 3 N–H and O–H groups in total. The van der Waals surface area contributed by atoms with Gasteiger partial charge in [-0.3, -0.25) is 9.59 Å². The highest BCUT2D eigenvalue weighted by molar-refractivity contribution is 5.95. The van der Waals surface area contributed by atoms with Crippen molar-refractivity contribution >= 4 is 11.8 Å². The van der Waals surface area contributed by atoms with Gasteiger partial charge in [-0.1, -0.05) is 6.92 Å². The number of methoxy groups -OCH3 is 1. The van der Waals surface area contributed by atoms with Gasteiger partial charge in [0.25, 0.3) is 11.8 Å². The molecule has 1 heterocycles. The van der Waals surface area contributed by atoms with Gasteiger partial charge in [0.2, 0.25) is 0 Å². The molecule has 138 valence electrons. The van der Waals surface area contributed by atoms with Gasteiger partial charge in [0.15, 0.2) is 18.1 Å². The molecule has 2 unspecified atom stereocenters. The van der Waals surface area contributed by atoms with Crippen LogP contribution < -0.4 is 20.5 Å². The maximum Gasteiger partial charge on any atom is 0.257 e. The van der Waals surface area contributed by atoms with Crippen LogP contribution in [0.2, 0.25) is 0 Å². The van der Waals surface area contributed by atoms with Crippen LogP contribution in [0.15, 0.2) is 18.2 Å². The Morgan fingerprint density at radius 1 is 1.36 bits per heavy atom. The second-order valence-electron chi connectivity index (χ2n) is 6.25. The summed E-state index contributed by atoms with van der Waals surface area (Å²) < 4.78 is 10.7. The second-order valence-corrected chi connectivity index (χ2v) is 6.25. The van der Waals surface area contributed by atoms with Gasteiger partial charge in [-0.05, 0) is 37.0 Å². The van der Waals surface area contributed by atoms with Crippen molar-refractivity contribution in [3.05, 3.63) is 23.8 Å². The zero-order chi connectivity index (χ0) is 18.4. The minimum Gasteiger partial charge on any atom is -0.493 e. The number of benzene rings is 1. The summed E-state index contributed by atoms with van der Waals surface area (Å²) >= 11 is 0. The number of nitrogens with one attached hydrogen (secondary N) is 1. The number of amides is 2. The molecule has 25 heavy (non-hydrogen) atoms. The Kier molecular flexibility index (Phi) is 6.64. The van der Waals surface area contributed by atoms with Gasteiger partial charge in [0.1, 0.15) is 0 Å². The quantitative estimate of drug-likeness (QED) is 0.800. The first kappa shape index (κ1) is 19.1. The summed E-state index contributed by atoms with van der Waals surface area (Å²) in [6, 6.07) is 5.04. The molecule has 7 nitrogen and oxygen atoms in total. The highest BCUT2D eigenvalue weighted by Crippen LogP contribution is 2.30. The van der Waals surface area contributed by atoms with Crippen molar-refractivity contribution in [2.75, 3.05) is 33.9 Å².